The van der Waals surface area contributed by atoms with Crippen LogP contribution in [-0.4, -0.2) is 68.1 Å². The van der Waals surface area contributed by atoms with Gasteiger partial charge >= 0.3 is 0 Å². The number of guanidine groups is 1. The maximum atomic E-state index is 5.42. The van der Waals surface area contributed by atoms with Crippen LogP contribution >= 0.6 is 35.7 Å². The van der Waals surface area contributed by atoms with Gasteiger partial charge in [-0.05, 0) is 26.0 Å². The van der Waals surface area contributed by atoms with Crippen molar-refractivity contribution in [2.75, 3.05) is 45.9 Å². The van der Waals surface area contributed by atoms with E-state index >= 15 is 0 Å². The molecule has 0 aliphatic carbocycles. The van der Waals surface area contributed by atoms with Crippen LogP contribution in [0.3, 0.4) is 0 Å². The molecule has 2 N–H and O–H groups in total. The Bertz CT molecular complexity index is 512. The van der Waals surface area contributed by atoms with Crippen LogP contribution in [-0.2, 0) is 4.74 Å². The number of halogens is 1. The van der Waals surface area contributed by atoms with Gasteiger partial charge in [-0.2, -0.15) is 0 Å². The third kappa shape index (κ3) is 8.92. The van der Waals surface area contributed by atoms with Crippen molar-refractivity contribution in [2.24, 2.45) is 4.99 Å². The highest BCUT2D eigenvalue weighted by molar-refractivity contribution is 14.0. The van der Waals surface area contributed by atoms with E-state index in [9.17, 15) is 0 Å². The van der Waals surface area contributed by atoms with E-state index < -0.39 is 0 Å². The monoisotopic (exact) mass is 492 g/mol. The molecular weight excluding hydrogens is 459 g/mol. The molecule has 2 rings (SSSR count). The van der Waals surface area contributed by atoms with Gasteiger partial charge in [-0.25, -0.2) is 0 Å². The molecule has 1 aromatic carbocycles. The van der Waals surface area contributed by atoms with Gasteiger partial charge in [0.2, 0.25) is 0 Å². The topological polar surface area (TPSA) is 48.9 Å². The van der Waals surface area contributed by atoms with Crippen molar-refractivity contribution < 1.29 is 4.74 Å². The predicted octanol–water partition coefficient (Wildman–Crippen LogP) is 3.06. The van der Waals surface area contributed by atoms with Gasteiger partial charge in [0.25, 0.3) is 0 Å². The summed E-state index contributed by atoms with van der Waals surface area (Å²) in [4.78, 5) is 8.52. The second kappa shape index (κ2) is 13.6. The molecule has 2 unspecified atom stereocenters. The Labute approximate surface area is 179 Å². The molecule has 148 valence electrons. The summed E-state index contributed by atoms with van der Waals surface area (Å²) in [6, 6.07) is 11.0. The van der Waals surface area contributed by atoms with Crippen molar-refractivity contribution in [2.45, 2.75) is 37.0 Å². The Morgan fingerprint density at radius 1 is 1.19 bits per heavy atom. The number of ether oxygens (including phenoxy) is 1. The van der Waals surface area contributed by atoms with E-state index in [4.69, 9.17) is 9.73 Å². The molecule has 5 nitrogen and oxygen atoms in total. The normalized spacial score (nSPS) is 17.9. The molecule has 1 aliphatic heterocycles. The highest BCUT2D eigenvalue weighted by atomic mass is 127. The van der Waals surface area contributed by atoms with Crippen LogP contribution in [0.4, 0.5) is 0 Å². The second-order valence-electron chi connectivity index (χ2n) is 6.34. The minimum atomic E-state index is 0. The molecule has 0 saturated carbocycles. The predicted molar refractivity (Wildman–Crippen MR) is 123 cm³/mol. The first-order valence-electron chi connectivity index (χ1n) is 9.24. The number of aliphatic imine (C=N–C) groups is 1. The van der Waals surface area contributed by atoms with Gasteiger partial charge in [-0.15, -0.1) is 35.7 Å². The lowest BCUT2D eigenvalue weighted by atomic mass is 10.2. The first-order chi connectivity index (χ1) is 12.2. The standard InChI is InChI=1S/C19H32N4OS.HI/c1-4-20-19(21-14-16(2)23-10-12-24-13-11-23)22-15-17(3)25-18-8-6-5-7-9-18;/h5-9,16-17H,4,10-15H2,1-3H3,(H2,20,21,22);1H. The Morgan fingerprint density at radius 2 is 1.88 bits per heavy atom. The van der Waals surface area contributed by atoms with Crippen LogP contribution in [0.25, 0.3) is 0 Å². The van der Waals surface area contributed by atoms with E-state index in [-0.39, 0.29) is 24.0 Å². The average Bonchev–Trinajstić information content (AvgIpc) is 2.65. The number of morpholine rings is 1. The molecule has 26 heavy (non-hydrogen) atoms. The van der Waals surface area contributed by atoms with Gasteiger partial charge in [-0.1, -0.05) is 25.1 Å². The maximum Gasteiger partial charge on any atom is 0.191 e. The van der Waals surface area contributed by atoms with E-state index in [0.717, 1.165) is 51.9 Å². The average molecular weight is 492 g/mol. The highest BCUT2D eigenvalue weighted by Gasteiger charge is 2.16. The lowest BCUT2D eigenvalue weighted by Crippen LogP contribution is -2.45. The summed E-state index contributed by atoms with van der Waals surface area (Å²) in [5, 5.41) is 7.30. The van der Waals surface area contributed by atoms with E-state index in [1.54, 1.807) is 0 Å². The lowest BCUT2D eigenvalue weighted by Gasteiger charge is -2.31. The molecule has 2 atom stereocenters. The molecule has 0 aromatic heterocycles. The largest absolute Gasteiger partial charge is 0.379 e. The van der Waals surface area contributed by atoms with Crippen molar-refractivity contribution in [1.29, 1.82) is 0 Å². The van der Waals surface area contributed by atoms with E-state index in [2.05, 4.69) is 66.6 Å². The Balaban J connectivity index is 0.00000338. The van der Waals surface area contributed by atoms with Gasteiger partial charge in [-0.3, -0.25) is 9.89 Å². The molecule has 1 saturated heterocycles. The third-order valence-corrected chi connectivity index (χ3v) is 5.28. The molecule has 1 fully saturated rings. The molecule has 0 bridgehead atoms. The molecule has 7 heteroatoms. The summed E-state index contributed by atoms with van der Waals surface area (Å²) in [6.45, 7) is 12.8. The Morgan fingerprint density at radius 3 is 2.54 bits per heavy atom. The molecule has 0 radical (unpaired) electrons. The van der Waals surface area contributed by atoms with Gasteiger partial charge < -0.3 is 15.4 Å². The molecule has 1 aliphatic rings. The molecular formula is C19H33IN4OS. The summed E-state index contributed by atoms with van der Waals surface area (Å²) in [5.41, 5.74) is 0. The molecule has 1 aromatic rings. The van der Waals surface area contributed by atoms with Crippen LogP contribution in [0, 0.1) is 0 Å². The van der Waals surface area contributed by atoms with Crippen LogP contribution in [0.15, 0.2) is 40.2 Å². The van der Waals surface area contributed by atoms with E-state index in [0.29, 0.717) is 11.3 Å². The lowest BCUT2D eigenvalue weighted by molar-refractivity contribution is 0.0220. The van der Waals surface area contributed by atoms with Crippen LogP contribution in [0.2, 0.25) is 0 Å². The van der Waals surface area contributed by atoms with Crippen LogP contribution in [0.5, 0.6) is 0 Å². The number of hydrogen-bond acceptors (Lipinski definition) is 4. The number of nitrogens with zero attached hydrogens (tertiary/aromatic N) is 2. The molecule has 0 amide bonds. The van der Waals surface area contributed by atoms with Crippen molar-refractivity contribution in [3.8, 4) is 0 Å². The van der Waals surface area contributed by atoms with Crippen molar-refractivity contribution in [3.63, 3.8) is 0 Å². The molecule has 0 spiro atoms. The maximum absolute atomic E-state index is 5.42. The van der Waals surface area contributed by atoms with Crippen LogP contribution in [0.1, 0.15) is 20.8 Å². The number of nitrogens with one attached hydrogen (secondary N) is 2. The summed E-state index contributed by atoms with van der Waals surface area (Å²) in [5.74, 6) is 0.906. The Kier molecular flexibility index (Phi) is 12.3. The van der Waals surface area contributed by atoms with Gasteiger partial charge in [0.1, 0.15) is 0 Å². The van der Waals surface area contributed by atoms with Gasteiger partial charge in [0, 0.05) is 42.4 Å². The summed E-state index contributed by atoms with van der Waals surface area (Å²) in [6.07, 6.45) is 0. The van der Waals surface area contributed by atoms with Gasteiger partial charge in [0.05, 0.1) is 19.8 Å². The number of benzene rings is 1. The SMILES string of the molecule is CCNC(=NCC(C)N1CCOCC1)NCC(C)Sc1ccccc1.I. The summed E-state index contributed by atoms with van der Waals surface area (Å²) in [7, 11) is 0. The van der Waals surface area contributed by atoms with Crippen molar-refractivity contribution >= 4 is 41.7 Å². The van der Waals surface area contributed by atoms with Gasteiger partial charge in [0.15, 0.2) is 5.96 Å². The highest BCUT2D eigenvalue weighted by Crippen LogP contribution is 2.21. The van der Waals surface area contributed by atoms with E-state index in [1.807, 2.05) is 11.8 Å². The minimum absolute atomic E-state index is 0. The summed E-state index contributed by atoms with van der Waals surface area (Å²) < 4.78 is 5.42. The zero-order chi connectivity index (χ0) is 17.9. The Hall–Kier alpha value is -0.510. The zero-order valence-electron chi connectivity index (χ0n) is 16.1. The minimum Gasteiger partial charge on any atom is -0.379 e. The smallest absolute Gasteiger partial charge is 0.191 e. The number of rotatable bonds is 8. The number of hydrogen-bond donors (Lipinski definition) is 2. The third-order valence-electron chi connectivity index (χ3n) is 4.16. The fourth-order valence-corrected chi connectivity index (χ4v) is 3.66. The fraction of sp³-hybridized carbons (Fsp3) is 0.632. The second-order valence-corrected chi connectivity index (χ2v) is 7.85. The molecule has 1 heterocycles. The van der Waals surface area contributed by atoms with Crippen molar-refractivity contribution in [3.05, 3.63) is 30.3 Å². The zero-order valence-corrected chi connectivity index (χ0v) is 19.3. The fourth-order valence-electron chi connectivity index (χ4n) is 2.71. The summed E-state index contributed by atoms with van der Waals surface area (Å²) >= 11 is 1.88. The first kappa shape index (κ1) is 23.5. The first-order valence-corrected chi connectivity index (χ1v) is 10.1. The quantitative estimate of drug-likeness (QED) is 0.253. The number of thioether (sulfide) groups is 1. The van der Waals surface area contributed by atoms with E-state index in [1.165, 1.54) is 4.90 Å². The van der Waals surface area contributed by atoms with Crippen LogP contribution < -0.4 is 10.6 Å². The van der Waals surface area contributed by atoms with Crippen molar-refractivity contribution in [1.82, 2.24) is 15.5 Å².